The molecule has 0 aliphatic rings. The second kappa shape index (κ2) is 5.16. The van der Waals surface area contributed by atoms with Crippen LogP contribution in [-0.2, 0) is 13.1 Å². The second-order valence-corrected chi connectivity index (χ2v) is 4.54. The van der Waals surface area contributed by atoms with E-state index < -0.39 is 0 Å². The van der Waals surface area contributed by atoms with Crippen LogP contribution in [0.15, 0.2) is 33.4 Å². The summed E-state index contributed by atoms with van der Waals surface area (Å²) in [6, 6.07) is 5.39. The lowest BCUT2D eigenvalue weighted by atomic mass is 10.3. The molecular formula is C12H14N2O2S. The Morgan fingerprint density at radius 3 is 2.88 bits per heavy atom. The van der Waals surface area contributed by atoms with E-state index in [4.69, 9.17) is 10.2 Å². The van der Waals surface area contributed by atoms with E-state index in [1.54, 1.807) is 35.4 Å². The summed E-state index contributed by atoms with van der Waals surface area (Å²) in [5.41, 5.74) is 6.55. The maximum Gasteiger partial charge on any atom is 0.289 e. The van der Waals surface area contributed by atoms with Crippen LogP contribution >= 0.6 is 11.3 Å². The summed E-state index contributed by atoms with van der Waals surface area (Å²) in [6.45, 7) is 0.891. The van der Waals surface area contributed by atoms with Crippen molar-refractivity contribution in [1.82, 2.24) is 4.90 Å². The maximum absolute atomic E-state index is 12.0. The quantitative estimate of drug-likeness (QED) is 0.903. The second-order valence-electron chi connectivity index (χ2n) is 3.76. The number of carbonyl (C=O) groups excluding carboxylic acids is 1. The van der Waals surface area contributed by atoms with Gasteiger partial charge in [-0.1, -0.05) is 0 Å². The molecule has 0 aromatic carbocycles. The number of carbonyl (C=O) groups is 1. The summed E-state index contributed by atoms with van der Waals surface area (Å²) >= 11 is 1.62. The highest BCUT2D eigenvalue weighted by Gasteiger charge is 2.15. The highest BCUT2D eigenvalue weighted by atomic mass is 32.1. The summed E-state index contributed by atoms with van der Waals surface area (Å²) in [6.07, 6.45) is 0. The zero-order valence-corrected chi connectivity index (χ0v) is 10.4. The van der Waals surface area contributed by atoms with E-state index in [-0.39, 0.29) is 5.91 Å². The third kappa shape index (κ3) is 2.75. The minimum atomic E-state index is -0.129. The van der Waals surface area contributed by atoms with Crippen LogP contribution in [0.1, 0.15) is 21.9 Å². The summed E-state index contributed by atoms with van der Waals surface area (Å²) < 4.78 is 5.32. The van der Waals surface area contributed by atoms with Gasteiger partial charge in [-0.15, -0.1) is 0 Å². The average molecular weight is 250 g/mol. The molecule has 1 amide bonds. The van der Waals surface area contributed by atoms with Crippen LogP contribution in [0.25, 0.3) is 0 Å². The number of hydrogen-bond acceptors (Lipinski definition) is 4. The molecule has 2 aromatic heterocycles. The van der Waals surface area contributed by atoms with Crippen molar-refractivity contribution in [3.05, 3.63) is 46.0 Å². The summed E-state index contributed by atoms with van der Waals surface area (Å²) in [4.78, 5) is 13.6. The van der Waals surface area contributed by atoms with E-state index in [0.29, 0.717) is 24.6 Å². The number of amides is 1. The fourth-order valence-electron chi connectivity index (χ4n) is 1.52. The van der Waals surface area contributed by atoms with Crippen molar-refractivity contribution < 1.29 is 9.21 Å². The minimum absolute atomic E-state index is 0.129. The maximum atomic E-state index is 12.0. The van der Waals surface area contributed by atoms with Gasteiger partial charge < -0.3 is 15.1 Å². The Balaban J connectivity index is 2.04. The summed E-state index contributed by atoms with van der Waals surface area (Å²) in [7, 11) is 1.75. The topological polar surface area (TPSA) is 59.5 Å². The molecule has 0 fully saturated rings. The first kappa shape index (κ1) is 11.9. The molecule has 2 aromatic rings. The third-order valence-electron chi connectivity index (χ3n) is 2.42. The molecule has 90 valence electrons. The van der Waals surface area contributed by atoms with Crippen LogP contribution in [0.5, 0.6) is 0 Å². The van der Waals surface area contributed by atoms with Crippen LogP contribution in [-0.4, -0.2) is 17.9 Å². The lowest BCUT2D eigenvalue weighted by Gasteiger charge is -2.14. The van der Waals surface area contributed by atoms with Crippen LogP contribution < -0.4 is 5.73 Å². The number of furan rings is 1. The molecular weight excluding hydrogens is 236 g/mol. The first-order valence-corrected chi connectivity index (χ1v) is 6.20. The Morgan fingerprint density at radius 2 is 2.29 bits per heavy atom. The zero-order valence-electron chi connectivity index (χ0n) is 9.55. The Hall–Kier alpha value is -1.59. The fraction of sp³-hybridized carbons (Fsp3) is 0.250. The molecule has 4 nitrogen and oxygen atoms in total. The van der Waals surface area contributed by atoms with E-state index >= 15 is 0 Å². The van der Waals surface area contributed by atoms with Crippen molar-refractivity contribution >= 4 is 17.2 Å². The van der Waals surface area contributed by atoms with Gasteiger partial charge in [-0.2, -0.15) is 11.3 Å². The highest BCUT2D eigenvalue weighted by molar-refractivity contribution is 7.07. The third-order valence-corrected chi connectivity index (χ3v) is 3.15. The number of nitrogens with zero attached hydrogens (tertiary/aromatic N) is 1. The van der Waals surface area contributed by atoms with Gasteiger partial charge in [-0.25, -0.2) is 0 Å². The van der Waals surface area contributed by atoms with Crippen molar-refractivity contribution in [2.24, 2.45) is 5.73 Å². The molecule has 0 bridgehead atoms. The number of rotatable bonds is 4. The van der Waals surface area contributed by atoms with Gasteiger partial charge in [0.2, 0.25) is 0 Å². The van der Waals surface area contributed by atoms with Crippen LogP contribution in [0, 0.1) is 0 Å². The normalized spacial score (nSPS) is 10.5. The fourth-order valence-corrected chi connectivity index (χ4v) is 2.18. The number of nitrogens with two attached hydrogens (primary N) is 1. The van der Waals surface area contributed by atoms with Crippen molar-refractivity contribution in [2.75, 3.05) is 7.05 Å². The molecule has 0 radical (unpaired) electrons. The SMILES string of the molecule is CN(Cc1ccsc1)C(=O)c1ccc(CN)o1. The van der Waals surface area contributed by atoms with Gasteiger partial charge in [0.15, 0.2) is 5.76 Å². The van der Waals surface area contributed by atoms with Gasteiger partial charge in [0.1, 0.15) is 5.76 Å². The average Bonchev–Trinajstić information content (AvgIpc) is 2.98. The molecule has 0 saturated heterocycles. The summed E-state index contributed by atoms with van der Waals surface area (Å²) in [5, 5.41) is 4.02. The first-order chi connectivity index (χ1) is 8.20. The molecule has 2 heterocycles. The molecule has 0 saturated carbocycles. The standard InChI is InChI=1S/C12H14N2O2S/c1-14(7-9-4-5-17-8-9)12(15)11-3-2-10(6-13)16-11/h2-5,8H,6-7,13H2,1H3. The Kier molecular flexibility index (Phi) is 3.61. The van der Waals surface area contributed by atoms with Crippen LogP contribution in [0.4, 0.5) is 0 Å². The smallest absolute Gasteiger partial charge is 0.289 e. The molecule has 0 aliphatic carbocycles. The Labute approximate surface area is 104 Å². The predicted octanol–water partition coefficient (Wildman–Crippen LogP) is 2.07. The van der Waals surface area contributed by atoms with Gasteiger partial charge in [-0.05, 0) is 34.5 Å². The monoisotopic (exact) mass is 250 g/mol. The van der Waals surface area contributed by atoms with E-state index in [0.717, 1.165) is 5.56 Å². The molecule has 5 heteroatoms. The van der Waals surface area contributed by atoms with Crippen LogP contribution in [0.3, 0.4) is 0 Å². The van der Waals surface area contributed by atoms with Gasteiger partial charge >= 0.3 is 0 Å². The van der Waals surface area contributed by atoms with Crippen molar-refractivity contribution in [2.45, 2.75) is 13.1 Å². The summed E-state index contributed by atoms with van der Waals surface area (Å²) in [5.74, 6) is 0.830. The van der Waals surface area contributed by atoms with Gasteiger partial charge in [-0.3, -0.25) is 4.79 Å². The molecule has 0 atom stereocenters. The zero-order chi connectivity index (χ0) is 12.3. The molecule has 0 aliphatic heterocycles. The van der Waals surface area contributed by atoms with Gasteiger partial charge in [0, 0.05) is 13.6 Å². The lowest BCUT2D eigenvalue weighted by molar-refractivity contribution is 0.0752. The molecule has 2 rings (SSSR count). The molecule has 2 N–H and O–H groups in total. The van der Waals surface area contributed by atoms with E-state index in [9.17, 15) is 4.79 Å². The van der Waals surface area contributed by atoms with E-state index in [2.05, 4.69) is 0 Å². The van der Waals surface area contributed by atoms with Crippen LogP contribution in [0.2, 0.25) is 0 Å². The van der Waals surface area contributed by atoms with E-state index in [1.165, 1.54) is 0 Å². The minimum Gasteiger partial charge on any atom is -0.455 e. The molecule has 0 spiro atoms. The molecule has 0 unspecified atom stereocenters. The van der Waals surface area contributed by atoms with E-state index in [1.807, 2.05) is 16.8 Å². The Morgan fingerprint density at radius 1 is 1.47 bits per heavy atom. The van der Waals surface area contributed by atoms with Crippen molar-refractivity contribution in [1.29, 1.82) is 0 Å². The predicted molar refractivity (Wildman–Crippen MR) is 66.7 cm³/mol. The first-order valence-electron chi connectivity index (χ1n) is 5.26. The number of hydrogen-bond donors (Lipinski definition) is 1. The number of thiophene rings is 1. The highest BCUT2D eigenvalue weighted by Crippen LogP contribution is 2.13. The van der Waals surface area contributed by atoms with Gasteiger partial charge in [0.05, 0.1) is 6.54 Å². The van der Waals surface area contributed by atoms with Gasteiger partial charge in [0.25, 0.3) is 5.91 Å². The van der Waals surface area contributed by atoms with Crippen molar-refractivity contribution in [3.63, 3.8) is 0 Å². The lowest BCUT2D eigenvalue weighted by Crippen LogP contribution is -2.25. The molecule has 17 heavy (non-hydrogen) atoms. The largest absolute Gasteiger partial charge is 0.455 e. The van der Waals surface area contributed by atoms with Crippen molar-refractivity contribution in [3.8, 4) is 0 Å². The Bertz CT molecular complexity index is 490.